The van der Waals surface area contributed by atoms with Crippen LogP contribution in [0.3, 0.4) is 0 Å². The third-order valence-corrected chi connectivity index (χ3v) is 0.528. The van der Waals surface area contributed by atoms with Crippen LogP contribution in [0.5, 0.6) is 0 Å². The van der Waals surface area contributed by atoms with E-state index in [-0.39, 0.29) is 5.83 Å². The molecule has 7 heavy (non-hydrogen) atoms. The molecule has 0 amide bonds. The average molecular weight is 101 g/mol. The Kier molecular flexibility index (Phi) is 3.19. The van der Waals surface area contributed by atoms with Crippen molar-refractivity contribution in [1.82, 2.24) is 0 Å². The van der Waals surface area contributed by atoms with Crippen molar-refractivity contribution in [3.8, 4) is 0 Å². The van der Waals surface area contributed by atoms with Crippen LogP contribution in [-0.4, -0.2) is 13.3 Å². The first kappa shape index (κ1) is 6.34. The van der Waals surface area contributed by atoms with Gasteiger partial charge in [0, 0.05) is 7.05 Å². The molecule has 0 aliphatic carbocycles. The summed E-state index contributed by atoms with van der Waals surface area (Å²) >= 11 is 0. The van der Waals surface area contributed by atoms with Crippen LogP contribution in [0.2, 0.25) is 0 Å². The fraction of sp³-hybridized carbons (Fsp3) is 0.400. The third-order valence-electron chi connectivity index (χ3n) is 0.528. The fourth-order valence-corrected chi connectivity index (χ4v) is 0.198. The van der Waals surface area contributed by atoms with E-state index in [0.29, 0.717) is 0 Å². The van der Waals surface area contributed by atoms with Crippen molar-refractivity contribution in [3.63, 3.8) is 0 Å². The number of rotatable bonds is 1. The van der Waals surface area contributed by atoms with Crippen molar-refractivity contribution in [3.05, 3.63) is 11.9 Å². The lowest BCUT2D eigenvalue weighted by Crippen LogP contribution is -1.69. The molecule has 0 aromatic rings. The van der Waals surface area contributed by atoms with Gasteiger partial charge in [0.1, 0.15) is 5.83 Å². The summed E-state index contributed by atoms with van der Waals surface area (Å²) in [6, 6.07) is 0. The Morgan fingerprint density at radius 2 is 2.29 bits per heavy atom. The molecule has 0 saturated carbocycles. The molecular formula is C5H8FN. The van der Waals surface area contributed by atoms with Crippen LogP contribution in [0, 0.1) is 0 Å². The van der Waals surface area contributed by atoms with Gasteiger partial charge in [-0.1, -0.05) is 6.08 Å². The molecule has 0 rings (SSSR count). The Morgan fingerprint density at radius 3 is 2.43 bits per heavy atom. The normalized spacial score (nSPS) is 13.3. The molecule has 0 heterocycles. The van der Waals surface area contributed by atoms with Crippen LogP contribution >= 0.6 is 0 Å². The minimum absolute atomic E-state index is 0.289. The van der Waals surface area contributed by atoms with Crippen LogP contribution in [0.1, 0.15) is 6.92 Å². The zero-order chi connectivity index (χ0) is 5.70. The van der Waals surface area contributed by atoms with Crippen LogP contribution in [0.15, 0.2) is 16.9 Å². The molecule has 0 N–H and O–H groups in total. The SMILES string of the molecule is C/C=C(/F)C=NC. The zero-order valence-electron chi connectivity index (χ0n) is 4.48. The number of hydrogen-bond acceptors (Lipinski definition) is 1. The van der Waals surface area contributed by atoms with Gasteiger partial charge in [-0.25, -0.2) is 4.39 Å². The Hall–Kier alpha value is -0.660. The standard InChI is InChI=1S/C5H8FN/c1-3-5(6)4-7-2/h3-4H,1-2H3/b5-3+,7-4?. The average Bonchev–Trinajstić information content (AvgIpc) is 1.68. The lowest BCUT2D eigenvalue weighted by atomic mass is 10.5. The third kappa shape index (κ3) is 3.16. The van der Waals surface area contributed by atoms with Crippen molar-refractivity contribution in [2.45, 2.75) is 6.92 Å². The highest BCUT2D eigenvalue weighted by Crippen LogP contribution is 1.87. The summed E-state index contributed by atoms with van der Waals surface area (Å²) in [6.07, 6.45) is 2.52. The van der Waals surface area contributed by atoms with Gasteiger partial charge in [0.25, 0.3) is 0 Å². The van der Waals surface area contributed by atoms with E-state index in [0.717, 1.165) is 0 Å². The number of nitrogens with zero attached hydrogens (tertiary/aromatic N) is 1. The highest BCUT2D eigenvalue weighted by Gasteiger charge is 1.77. The number of aliphatic imine (C=N–C) groups is 1. The molecule has 1 nitrogen and oxygen atoms in total. The zero-order valence-corrected chi connectivity index (χ0v) is 4.48. The van der Waals surface area contributed by atoms with Gasteiger partial charge in [-0.15, -0.1) is 0 Å². The molecule has 0 atom stereocenters. The Morgan fingerprint density at radius 1 is 1.71 bits per heavy atom. The minimum atomic E-state index is -0.289. The lowest BCUT2D eigenvalue weighted by Gasteiger charge is -1.75. The van der Waals surface area contributed by atoms with Gasteiger partial charge < -0.3 is 0 Å². The van der Waals surface area contributed by atoms with E-state index in [4.69, 9.17) is 0 Å². The molecular weight excluding hydrogens is 93.1 g/mol. The maximum Gasteiger partial charge on any atom is 0.136 e. The largest absolute Gasteiger partial charge is 0.293 e. The minimum Gasteiger partial charge on any atom is -0.293 e. The molecule has 0 fully saturated rings. The predicted octanol–water partition coefficient (Wildman–Crippen LogP) is 1.56. The molecule has 0 saturated heterocycles. The Labute approximate surface area is 42.6 Å². The fourth-order valence-electron chi connectivity index (χ4n) is 0.198. The van der Waals surface area contributed by atoms with Gasteiger partial charge in [-0.05, 0) is 6.92 Å². The van der Waals surface area contributed by atoms with Gasteiger partial charge in [0.15, 0.2) is 0 Å². The van der Waals surface area contributed by atoms with Gasteiger partial charge in [-0.3, -0.25) is 4.99 Å². The van der Waals surface area contributed by atoms with E-state index < -0.39 is 0 Å². The first-order valence-corrected chi connectivity index (χ1v) is 2.05. The van der Waals surface area contributed by atoms with Gasteiger partial charge in [0.05, 0.1) is 6.21 Å². The van der Waals surface area contributed by atoms with Gasteiger partial charge in [0.2, 0.25) is 0 Å². The quantitative estimate of drug-likeness (QED) is 0.444. The molecule has 0 aromatic heterocycles. The van der Waals surface area contributed by atoms with E-state index in [1.54, 1.807) is 6.92 Å². The van der Waals surface area contributed by atoms with E-state index in [2.05, 4.69) is 4.99 Å². The predicted molar refractivity (Wildman–Crippen MR) is 29.3 cm³/mol. The highest BCUT2D eigenvalue weighted by molar-refractivity contribution is 5.75. The van der Waals surface area contributed by atoms with Gasteiger partial charge >= 0.3 is 0 Å². The molecule has 0 bridgehead atoms. The molecule has 0 unspecified atom stereocenters. The molecule has 40 valence electrons. The van der Waals surface area contributed by atoms with E-state index in [9.17, 15) is 4.39 Å². The Balaban J connectivity index is 3.58. The number of hydrogen-bond donors (Lipinski definition) is 0. The lowest BCUT2D eigenvalue weighted by molar-refractivity contribution is 0.684. The summed E-state index contributed by atoms with van der Waals surface area (Å²) in [5.41, 5.74) is 0. The summed E-state index contributed by atoms with van der Waals surface area (Å²) in [5, 5.41) is 0. The van der Waals surface area contributed by atoms with Crippen LogP contribution in [0.4, 0.5) is 4.39 Å². The molecule has 0 radical (unpaired) electrons. The van der Waals surface area contributed by atoms with E-state index in [1.807, 2.05) is 0 Å². The Bertz CT molecular complexity index is 94.3. The number of halogens is 1. The van der Waals surface area contributed by atoms with Crippen molar-refractivity contribution >= 4 is 6.21 Å². The van der Waals surface area contributed by atoms with Crippen molar-refractivity contribution in [2.24, 2.45) is 4.99 Å². The van der Waals surface area contributed by atoms with Gasteiger partial charge in [-0.2, -0.15) is 0 Å². The second-order valence-corrected chi connectivity index (χ2v) is 1.06. The van der Waals surface area contributed by atoms with Crippen LogP contribution in [0.25, 0.3) is 0 Å². The molecule has 0 aliphatic heterocycles. The monoisotopic (exact) mass is 101 g/mol. The maximum absolute atomic E-state index is 11.8. The summed E-state index contributed by atoms with van der Waals surface area (Å²) in [5.74, 6) is -0.289. The molecule has 0 aliphatic rings. The second-order valence-electron chi connectivity index (χ2n) is 1.06. The van der Waals surface area contributed by atoms with Crippen LogP contribution < -0.4 is 0 Å². The summed E-state index contributed by atoms with van der Waals surface area (Å²) < 4.78 is 11.8. The molecule has 0 aromatic carbocycles. The highest BCUT2D eigenvalue weighted by atomic mass is 19.1. The van der Waals surface area contributed by atoms with E-state index in [1.165, 1.54) is 19.3 Å². The summed E-state index contributed by atoms with van der Waals surface area (Å²) in [7, 11) is 1.53. The molecule has 2 heteroatoms. The second kappa shape index (κ2) is 3.53. The van der Waals surface area contributed by atoms with Crippen molar-refractivity contribution in [2.75, 3.05) is 7.05 Å². The maximum atomic E-state index is 11.8. The van der Waals surface area contributed by atoms with E-state index >= 15 is 0 Å². The van der Waals surface area contributed by atoms with Crippen molar-refractivity contribution in [1.29, 1.82) is 0 Å². The van der Waals surface area contributed by atoms with Crippen LogP contribution in [-0.2, 0) is 0 Å². The summed E-state index contributed by atoms with van der Waals surface area (Å²) in [6.45, 7) is 1.62. The first-order chi connectivity index (χ1) is 3.31. The topological polar surface area (TPSA) is 12.4 Å². The summed E-state index contributed by atoms with van der Waals surface area (Å²) in [4.78, 5) is 3.44. The smallest absolute Gasteiger partial charge is 0.136 e. The first-order valence-electron chi connectivity index (χ1n) is 2.05. The van der Waals surface area contributed by atoms with Crippen molar-refractivity contribution < 1.29 is 4.39 Å². The molecule has 0 spiro atoms. The number of allylic oxidation sites excluding steroid dienone is 2.